The second-order valence-electron chi connectivity index (χ2n) is 2.55. The lowest BCUT2D eigenvalue weighted by Gasteiger charge is -2.06. The van der Waals surface area contributed by atoms with Crippen LogP contribution >= 0.6 is 0 Å². The van der Waals surface area contributed by atoms with E-state index in [4.69, 9.17) is 5.73 Å². The van der Waals surface area contributed by atoms with Gasteiger partial charge in [-0.1, -0.05) is 0 Å². The van der Waals surface area contributed by atoms with Crippen LogP contribution in [-0.4, -0.2) is 17.0 Å². The first kappa shape index (κ1) is 11.1. The third-order valence-electron chi connectivity index (χ3n) is 1.65. The van der Waals surface area contributed by atoms with Crippen LogP contribution in [0.15, 0.2) is 6.07 Å². The average Bonchev–Trinajstić information content (AvgIpc) is 2.16. The van der Waals surface area contributed by atoms with Crippen LogP contribution in [0.2, 0.25) is 0 Å². The van der Waals surface area contributed by atoms with E-state index in [2.05, 4.69) is 9.72 Å². The lowest BCUT2D eigenvalue weighted by molar-refractivity contribution is -0.386. The molecule has 8 heteroatoms. The summed E-state index contributed by atoms with van der Waals surface area (Å²) < 4.78 is 29.2. The second kappa shape index (κ2) is 4.03. The van der Waals surface area contributed by atoms with Crippen LogP contribution in [0.4, 0.5) is 20.3 Å². The first-order valence-corrected chi connectivity index (χ1v) is 3.74. The Kier molecular flexibility index (Phi) is 2.98. The molecule has 1 heterocycles. The Bertz CT molecular complexity index is 397. The number of ether oxygens (including phenoxy) is 1. The maximum Gasteiger partial charge on any atom is 0.331 e. The van der Waals surface area contributed by atoms with Crippen molar-refractivity contribution in [3.05, 3.63) is 21.7 Å². The molecule has 0 unspecified atom stereocenters. The van der Waals surface area contributed by atoms with Crippen molar-refractivity contribution in [1.29, 1.82) is 0 Å². The van der Waals surface area contributed by atoms with Gasteiger partial charge in [0.05, 0.1) is 17.6 Å². The first-order valence-electron chi connectivity index (χ1n) is 3.74. The summed E-state index contributed by atoms with van der Waals surface area (Å²) in [6, 6.07) is 0.659. The number of alkyl halides is 2. The zero-order valence-electron chi connectivity index (χ0n) is 7.61. The van der Waals surface area contributed by atoms with Crippen molar-refractivity contribution < 1.29 is 18.4 Å². The molecule has 6 nitrogen and oxygen atoms in total. The lowest BCUT2D eigenvalue weighted by Crippen LogP contribution is -2.04. The Morgan fingerprint density at radius 3 is 2.67 bits per heavy atom. The molecule has 2 N–H and O–H groups in total. The Morgan fingerprint density at radius 2 is 2.27 bits per heavy atom. The largest absolute Gasteiger partial charge is 0.476 e. The molecular weight excluding hydrogens is 212 g/mol. The molecule has 0 spiro atoms. The normalized spacial score (nSPS) is 10.4. The molecule has 82 valence electrons. The summed E-state index contributed by atoms with van der Waals surface area (Å²) in [5.74, 6) is -0.866. The van der Waals surface area contributed by atoms with Crippen molar-refractivity contribution in [2.75, 3.05) is 12.8 Å². The van der Waals surface area contributed by atoms with Crippen molar-refractivity contribution in [3.8, 4) is 5.88 Å². The number of methoxy groups -OCH3 is 1. The zero-order chi connectivity index (χ0) is 11.6. The lowest BCUT2D eigenvalue weighted by atomic mass is 10.2. The summed E-state index contributed by atoms with van der Waals surface area (Å²) >= 11 is 0. The highest BCUT2D eigenvalue weighted by atomic mass is 19.3. The summed E-state index contributed by atoms with van der Waals surface area (Å²) in [5.41, 5.74) is 3.86. The molecule has 0 aliphatic heterocycles. The molecule has 0 amide bonds. The van der Waals surface area contributed by atoms with Gasteiger partial charge >= 0.3 is 5.69 Å². The molecule has 1 aromatic heterocycles. The van der Waals surface area contributed by atoms with Crippen LogP contribution in [0.5, 0.6) is 5.88 Å². The first-order chi connectivity index (χ1) is 6.97. The highest BCUT2D eigenvalue weighted by molar-refractivity contribution is 5.53. The van der Waals surface area contributed by atoms with Gasteiger partial charge in [0.15, 0.2) is 0 Å². The Labute approximate surface area is 82.8 Å². The van der Waals surface area contributed by atoms with Crippen LogP contribution in [-0.2, 0) is 0 Å². The van der Waals surface area contributed by atoms with E-state index in [1.807, 2.05) is 0 Å². The van der Waals surface area contributed by atoms with Gasteiger partial charge < -0.3 is 10.5 Å². The summed E-state index contributed by atoms with van der Waals surface area (Å²) in [5, 5.41) is 10.5. The van der Waals surface area contributed by atoms with E-state index in [1.54, 1.807) is 0 Å². The van der Waals surface area contributed by atoms with Crippen molar-refractivity contribution in [2.24, 2.45) is 0 Å². The zero-order valence-corrected chi connectivity index (χ0v) is 7.61. The third kappa shape index (κ3) is 2.09. The number of nitrogens with two attached hydrogens (primary N) is 1. The van der Waals surface area contributed by atoms with E-state index in [0.717, 1.165) is 7.11 Å². The molecule has 0 aliphatic rings. The van der Waals surface area contributed by atoms with E-state index < -0.39 is 28.4 Å². The van der Waals surface area contributed by atoms with Gasteiger partial charge in [0.25, 0.3) is 12.3 Å². The highest BCUT2D eigenvalue weighted by Crippen LogP contribution is 2.32. The molecule has 0 aromatic carbocycles. The van der Waals surface area contributed by atoms with Gasteiger partial charge in [-0.25, -0.2) is 8.78 Å². The quantitative estimate of drug-likeness (QED) is 0.614. The topological polar surface area (TPSA) is 91.3 Å². The minimum Gasteiger partial charge on any atom is -0.476 e. The van der Waals surface area contributed by atoms with E-state index in [9.17, 15) is 18.9 Å². The van der Waals surface area contributed by atoms with Crippen LogP contribution in [0, 0.1) is 10.1 Å². The van der Waals surface area contributed by atoms with Crippen molar-refractivity contribution in [3.63, 3.8) is 0 Å². The van der Waals surface area contributed by atoms with Gasteiger partial charge in [0, 0.05) is 6.07 Å². The molecule has 1 rings (SSSR count). The van der Waals surface area contributed by atoms with Crippen LogP contribution in [0.25, 0.3) is 0 Å². The van der Waals surface area contributed by atoms with Gasteiger partial charge in [0.1, 0.15) is 5.82 Å². The molecule has 0 saturated carbocycles. The number of nitro groups is 1. The third-order valence-corrected chi connectivity index (χ3v) is 1.65. The van der Waals surface area contributed by atoms with Gasteiger partial charge in [-0.3, -0.25) is 10.1 Å². The van der Waals surface area contributed by atoms with Crippen molar-refractivity contribution in [1.82, 2.24) is 4.98 Å². The molecule has 0 atom stereocenters. The van der Waals surface area contributed by atoms with Gasteiger partial charge in [-0.2, -0.15) is 4.98 Å². The van der Waals surface area contributed by atoms with E-state index >= 15 is 0 Å². The van der Waals surface area contributed by atoms with Crippen molar-refractivity contribution in [2.45, 2.75) is 6.43 Å². The molecule has 0 aliphatic carbocycles. The fourth-order valence-corrected chi connectivity index (χ4v) is 0.970. The molecule has 15 heavy (non-hydrogen) atoms. The molecular formula is C7H7F2N3O3. The number of halogens is 2. The van der Waals surface area contributed by atoms with Gasteiger partial charge in [0.2, 0.25) is 0 Å². The van der Waals surface area contributed by atoms with Gasteiger partial charge in [-0.05, 0) is 0 Å². The number of aromatic nitrogens is 1. The minimum absolute atomic E-state index is 0.387. The standard InChI is InChI=1S/C7H7F2N3O3/c1-15-7-4(12(13)14)2-3(5(8)9)6(10)11-7/h2,5H,1H3,(H2,10,11). The van der Waals surface area contributed by atoms with Gasteiger partial charge in [-0.15, -0.1) is 0 Å². The van der Waals surface area contributed by atoms with E-state index in [-0.39, 0.29) is 5.88 Å². The fraction of sp³-hybridized carbons (Fsp3) is 0.286. The van der Waals surface area contributed by atoms with Crippen LogP contribution in [0.1, 0.15) is 12.0 Å². The Hall–Kier alpha value is -1.99. The minimum atomic E-state index is -2.91. The summed E-state index contributed by atoms with van der Waals surface area (Å²) in [7, 11) is 1.14. The molecule has 1 aromatic rings. The molecule has 0 bridgehead atoms. The number of hydrogen-bond donors (Lipinski definition) is 1. The average molecular weight is 219 g/mol. The smallest absolute Gasteiger partial charge is 0.331 e. The SMILES string of the molecule is COc1nc(N)c(C(F)F)cc1[N+](=O)[O-]. The van der Waals surface area contributed by atoms with E-state index in [0.29, 0.717) is 6.07 Å². The van der Waals surface area contributed by atoms with Crippen LogP contribution in [0.3, 0.4) is 0 Å². The van der Waals surface area contributed by atoms with Crippen LogP contribution < -0.4 is 10.5 Å². The summed E-state index contributed by atoms with van der Waals surface area (Å²) in [6.07, 6.45) is -2.91. The van der Waals surface area contributed by atoms with Crippen molar-refractivity contribution >= 4 is 11.5 Å². The number of nitrogens with zero attached hydrogens (tertiary/aromatic N) is 2. The molecule has 0 saturated heterocycles. The van der Waals surface area contributed by atoms with E-state index in [1.165, 1.54) is 0 Å². The second-order valence-corrected chi connectivity index (χ2v) is 2.55. The predicted molar refractivity (Wildman–Crippen MR) is 46.8 cm³/mol. The summed E-state index contributed by atoms with van der Waals surface area (Å²) in [6.45, 7) is 0. The number of pyridine rings is 1. The predicted octanol–water partition coefficient (Wildman–Crippen LogP) is 1.52. The maximum atomic E-state index is 12.3. The monoisotopic (exact) mass is 219 g/mol. The summed E-state index contributed by atoms with van der Waals surface area (Å²) in [4.78, 5) is 13.0. The fourth-order valence-electron chi connectivity index (χ4n) is 0.970. The number of nitrogen functional groups attached to an aromatic ring is 1. The highest BCUT2D eigenvalue weighted by Gasteiger charge is 2.23. The Balaban J connectivity index is 3.37. The molecule has 0 radical (unpaired) electrons. The number of hydrogen-bond acceptors (Lipinski definition) is 5. The maximum absolute atomic E-state index is 12.3. The number of anilines is 1. The molecule has 0 fully saturated rings. The number of rotatable bonds is 3. The Morgan fingerprint density at radius 1 is 1.67 bits per heavy atom.